The third-order valence-corrected chi connectivity index (χ3v) is 4.07. The summed E-state index contributed by atoms with van der Waals surface area (Å²) in [5, 5.41) is 14.0. The van der Waals surface area contributed by atoms with Gasteiger partial charge in [-0.25, -0.2) is 0 Å². The van der Waals surface area contributed by atoms with Gasteiger partial charge in [-0.2, -0.15) is 0 Å². The van der Waals surface area contributed by atoms with Gasteiger partial charge in [-0.15, -0.1) is 0 Å². The van der Waals surface area contributed by atoms with Crippen LogP contribution in [-0.4, -0.2) is 28.9 Å². The quantitative estimate of drug-likeness (QED) is 0.700. The highest BCUT2D eigenvalue weighted by Crippen LogP contribution is 2.13. The van der Waals surface area contributed by atoms with Gasteiger partial charge in [0.25, 0.3) is 5.91 Å². The van der Waals surface area contributed by atoms with E-state index in [9.17, 15) is 14.4 Å². The van der Waals surface area contributed by atoms with Crippen LogP contribution in [-0.2, 0) is 16.0 Å². The van der Waals surface area contributed by atoms with Crippen molar-refractivity contribution < 1.29 is 19.5 Å². The molecule has 142 valence electrons. The lowest BCUT2D eigenvalue weighted by Crippen LogP contribution is -2.38. The van der Waals surface area contributed by atoms with Crippen molar-refractivity contribution in [2.75, 3.05) is 5.32 Å². The van der Waals surface area contributed by atoms with Gasteiger partial charge in [0, 0.05) is 17.7 Å². The molecule has 6 heteroatoms. The average molecular weight is 368 g/mol. The van der Waals surface area contributed by atoms with E-state index in [1.165, 1.54) is 18.1 Å². The first-order chi connectivity index (χ1) is 12.7. The second-order valence-corrected chi connectivity index (χ2v) is 6.65. The molecule has 1 atom stereocenters. The summed E-state index contributed by atoms with van der Waals surface area (Å²) < 4.78 is 0. The first-order valence-corrected chi connectivity index (χ1v) is 8.75. The van der Waals surface area contributed by atoms with E-state index >= 15 is 0 Å². The lowest BCUT2D eigenvalue weighted by molar-refractivity contribution is -0.138. The van der Waals surface area contributed by atoms with Gasteiger partial charge in [-0.1, -0.05) is 29.3 Å². The summed E-state index contributed by atoms with van der Waals surface area (Å²) in [5.41, 5.74) is 4.40. The number of aryl methyl sites for hydroxylation is 3. The van der Waals surface area contributed by atoms with Gasteiger partial charge in [-0.05, 0) is 57.0 Å². The zero-order chi connectivity index (χ0) is 20.0. The number of rotatable bonds is 7. The third kappa shape index (κ3) is 6.26. The first-order valence-electron chi connectivity index (χ1n) is 8.75. The van der Waals surface area contributed by atoms with Crippen LogP contribution in [0.5, 0.6) is 0 Å². The van der Waals surface area contributed by atoms with E-state index in [1.807, 2.05) is 13.8 Å². The molecule has 2 rings (SSSR count). The molecule has 27 heavy (non-hydrogen) atoms. The number of carboxylic acid groups (broad SMARTS) is 1. The predicted molar refractivity (Wildman–Crippen MR) is 104 cm³/mol. The predicted octanol–water partition coefficient (Wildman–Crippen LogP) is 3.08. The second-order valence-electron chi connectivity index (χ2n) is 6.65. The van der Waals surface area contributed by atoms with Crippen molar-refractivity contribution in [2.24, 2.45) is 0 Å². The van der Waals surface area contributed by atoms with Crippen LogP contribution in [0.2, 0.25) is 0 Å². The van der Waals surface area contributed by atoms with Crippen molar-refractivity contribution in [3.05, 3.63) is 64.7 Å². The largest absolute Gasteiger partial charge is 0.480 e. The number of hydrogen-bond donors (Lipinski definition) is 3. The van der Waals surface area contributed by atoms with Gasteiger partial charge in [0.05, 0.1) is 0 Å². The van der Waals surface area contributed by atoms with E-state index in [0.717, 1.165) is 5.56 Å². The molecular weight excluding hydrogens is 344 g/mol. The Labute approximate surface area is 158 Å². The molecule has 0 aliphatic rings. The van der Waals surface area contributed by atoms with Crippen molar-refractivity contribution in [3.63, 3.8) is 0 Å². The van der Waals surface area contributed by atoms with E-state index in [0.29, 0.717) is 24.1 Å². The molecule has 1 unspecified atom stereocenters. The highest BCUT2D eigenvalue weighted by molar-refractivity contribution is 5.97. The molecule has 0 saturated heterocycles. The zero-order valence-corrected chi connectivity index (χ0v) is 15.7. The molecule has 3 N–H and O–H groups in total. The monoisotopic (exact) mass is 368 g/mol. The van der Waals surface area contributed by atoms with E-state index in [-0.39, 0.29) is 5.91 Å². The fourth-order valence-electron chi connectivity index (χ4n) is 2.74. The first kappa shape index (κ1) is 20.2. The third-order valence-electron chi connectivity index (χ3n) is 4.07. The molecule has 0 heterocycles. The topological polar surface area (TPSA) is 95.5 Å². The standard InChI is InChI=1S/C21H24N2O4/c1-13-10-14(2)12-16(11-13)4-9-19(24)23-18-7-5-17(6-8-18)20(25)22-15(3)21(26)27/h5-8,10-12,15H,4,9H2,1-3H3,(H,22,25)(H,23,24)(H,26,27). The summed E-state index contributed by atoms with van der Waals surface area (Å²) in [6, 6.07) is 11.6. The highest BCUT2D eigenvalue weighted by Gasteiger charge is 2.15. The van der Waals surface area contributed by atoms with Crippen LogP contribution in [0.15, 0.2) is 42.5 Å². The summed E-state index contributed by atoms with van der Waals surface area (Å²) in [5.74, 6) is -1.68. The van der Waals surface area contributed by atoms with E-state index < -0.39 is 17.9 Å². The summed E-state index contributed by atoms with van der Waals surface area (Å²) in [6.45, 7) is 5.46. The number of carboxylic acids is 1. The van der Waals surface area contributed by atoms with Gasteiger partial charge in [0.2, 0.25) is 5.91 Å². The van der Waals surface area contributed by atoms with E-state index in [1.54, 1.807) is 24.3 Å². The average Bonchev–Trinajstić information content (AvgIpc) is 2.59. The normalized spacial score (nSPS) is 11.5. The van der Waals surface area contributed by atoms with Crippen molar-refractivity contribution in [1.29, 1.82) is 0 Å². The Morgan fingerprint density at radius 3 is 2.15 bits per heavy atom. The van der Waals surface area contributed by atoms with E-state index in [4.69, 9.17) is 5.11 Å². The lowest BCUT2D eigenvalue weighted by atomic mass is 10.0. The van der Waals surface area contributed by atoms with Crippen molar-refractivity contribution >= 4 is 23.5 Å². The van der Waals surface area contributed by atoms with Gasteiger partial charge < -0.3 is 15.7 Å². The molecule has 6 nitrogen and oxygen atoms in total. The summed E-state index contributed by atoms with van der Waals surface area (Å²) in [4.78, 5) is 34.9. The Morgan fingerprint density at radius 2 is 1.59 bits per heavy atom. The van der Waals surface area contributed by atoms with Crippen LogP contribution < -0.4 is 10.6 Å². The van der Waals surface area contributed by atoms with Crippen molar-refractivity contribution in [3.8, 4) is 0 Å². The fourth-order valence-corrected chi connectivity index (χ4v) is 2.74. The Hall–Kier alpha value is -3.15. The number of nitrogens with one attached hydrogen (secondary N) is 2. The molecule has 2 aromatic carbocycles. The van der Waals surface area contributed by atoms with Gasteiger partial charge in [0.1, 0.15) is 6.04 Å². The second kappa shape index (κ2) is 8.98. The Morgan fingerprint density at radius 1 is 1.00 bits per heavy atom. The maximum Gasteiger partial charge on any atom is 0.325 e. The van der Waals surface area contributed by atoms with Gasteiger partial charge in [0.15, 0.2) is 0 Å². The maximum absolute atomic E-state index is 12.1. The Kier molecular flexibility index (Phi) is 6.71. The smallest absolute Gasteiger partial charge is 0.325 e. The van der Waals surface area contributed by atoms with E-state index in [2.05, 4.69) is 28.8 Å². The van der Waals surface area contributed by atoms with Crippen LogP contribution in [0.25, 0.3) is 0 Å². The number of anilines is 1. The lowest BCUT2D eigenvalue weighted by Gasteiger charge is -2.10. The SMILES string of the molecule is Cc1cc(C)cc(CCC(=O)Nc2ccc(C(=O)NC(C)C(=O)O)cc2)c1. The molecule has 0 fully saturated rings. The molecule has 0 saturated carbocycles. The van der Waals surface area contributed by atoms with Crippen LogP contribution in [0.3, 0.4) is 0 Å². The minimum atomic E-state index is -1.10. The summed E-state index contributed by atoms with van der Waals surface area (Å²) in [6.07, 6.45) is 1.02. The number of aliphatic carboxylic acids is 1. The van der Waals surface area contributed by atoms with Gasteiger partial charge >= 0.3 is 5.97 Å². The van der Waals surface area contributed by atoms with Crippen LogP contribution >= 0.6 is 0 Å². The molecule has 0 spiro atoms. The minimum Gasteiger partial charge on any atom is -0.480 e. The molecule has 0 aliphatic carbocycles. The molecule has 0 aromatic heterocycles. The molecule has 0 aliphatic heterocycles. The molecule has 0 radical (unpaired) electrons. The van der Waals surface area contributed by atoms with Crippen molar-refractivity contribution in [1.82, 2.24) is 5.32 Å². The minimum absolute atomic E-state index is 0.106. The Balaban J connectivity index is 1.89. The number of carbonyl (C=O) groups excluding carboxylic acids is 2. The number of hydrogen-bond acceptors (Lipinski definition) is 3. The molecule has 2 aromatic rings. The zero-order valence-electron chi connectivity index (χ0n) is 15.7. The number of carbonyl (C=O) groups is 3. The highest BCUT2D eigenvalue weighted by atomic mass is 16.4. The van der Waals surface area contributed by atoms with Crippen molar-refractivity contribution in [2.45, 2.75) is 39.7 Å². The molecule has 2 amide bonds. The summed E-state index contributed by atoms with van der Waals surface area (Å²) in [7, 11) is 0. The maximum atomic E-state index is 12.1. The fraction of sp³-hybridized carbons (Fsp3) is 0.286. The van der Waals surface area contributed by atoms with Gasteiger partial charge in [-0.3, -0.25) is 14.4 Å². The molecular formula is C21H24N2O4. The van der Waals surface area contributed by atoms with Crippen LogP contribution in [0.4, 0.5) is 5.69 Å². The van der Waals surface area contributed by atoms with Crippen LogP contribution in [0, 0.1) is 13.8 Å². The summed E-state index contributed by atoms with van der Waals surface area (Å²) >= 11 is 0. The molecule has 0 bridgehead atoms. The Bertz CT molecular complexity index is 824. The number of benzene rings is 2. The van der Waals surface area contributed by atoms with Crippen LogP contribution in [0.1, 0.15) is 40.4 Å². The number of amides is 2.